The zero-order valence-electron chi connectivity index (χ0n) is 11.9. The lowest BCUT2D eigenvalue weighted by molar-refractivity contribution is 0.199. The van der Waals surface area contributed by atoms with E-state index in [-0.39, 0.29) is 0 Å². The first-order valence-electron chi connectivity index (χ1n) is 7.04. The molecule has 1 heterocycles. The molecule has 0 aliphatic carbocycles. The predicted octanol–water partition coefficient (Wildman–Crippen LogP) is 2.53. The number of hydrogen-bond donors (Lipinski definition) is 1. The zero-order chi connectivity index (χ0) is 14.2. The third kappa shape index (κ3) is 3.83. The predicted molar refractivity (Wildman–Crippen MR) is 80.6 cm³/mol. The highest BCUT2D eigenvalue weighted by Crippen LogP contribution is 2.18. The monoisotopic (exact) mass is 271 g/mol. The topological polar surface area (TPSA) is 50.0 Å². The van der Waals surface area contributed by atoms with E-state index in [2.05, 4.69) is 28.2 Å². The van der Waals surface area contributed by atoms with Crippen molar-refractivity contribution < 1.29 is 4.74 Å². The molecule has 4 heteroatoms. The fourth-order valence-corrected chi connectivity index (χ4v) is 2.28. The van der Waals surface area contributed by atoms with Crippen LogP contribution in [0.1, 0.15) is 18.4 Å². The summed E-state index contributed by atoms with van der Waals surface area (Å²) < 4.78 is 7.21. The van der Waals surface area contributed by atoms with Crippen molar-refractivity contribution in [1.29, 1.82) is 5.26 Å². The molecule has 2 aromatic rings. The zero-order valence-corrected chi connectivity index (χ0v) is 11.9. The van der Waals surface area contributed by atoms with Crippen molar-refractivity contribution in [3.63, 3.8) is 0 Å². The second-order valence-corrected chi connectivity index (χ2v) is 4.84. The molecule has 1 N–H and O–H groups in total. The van der Waals surface area contributed by atoms with Gasteiger partial charge in [0.05, 0.1) is 18.2 Å². The van der Waals surface area contributed by atoms with Gasteiger partial charge >= 0.3 is 0 Å². The Balaban J connectivity index is 1.83. The fraction of sp³-hybridized carbons (Fsp3) is 0.438. The number of nitriles is 1. The summed E-state index contributed by atoms with van der Waals surface area (Å²) in [4.78, 5) is 0. The van der Waals surface area contributed by atoms with Gasteiger partial charge in [-0.3, -0.25) is 0 Å². The highest BCUT2D eigenvalue weighted by atomic mass is 16.5. The number of nitrogens with zero attached hydrogens (tertiary/aromatic N) is 2. The van der Waals surface area contributed by atoms with Crippen LogP contribution in [0, 0.1) is 11.3 Å². The highest BCUT2D eigenvalue weighted by molar-refractivity contribution is 5.81. The van der Waals surface area contributed by atoms with Gasteiger partial charge in [-0.1, -0.05) is 6.07 Å². The number of benzene rings is 1. The minimum atomic E-state index is 0.721. The Morgan fingerprint density at radius 1 is 1.25 bits per heavy atom. The number of ether oxygens (including phenoxy) is 1. The molecule has 0 fully saturated rings. The van der Waals surface area contributed by atoms with Crippen molar-refractivity contribution in [2.75, 3.05) is 26.8 Å². The molecule has 2 rings (SSSR count). The Kier molecular flexibility index (Phi) is 5.60. The SMILES string of the molecule is COCCNCCCCn1ccc2ccc(C#N)cc21. The molecule has 0 atom stereocenters. The summed E-state index contributed by atoms with van der Waals surface area (Å²) in [6, 6.07) is 10.1. The van der Waals surface area contributed by atoms with E-state index >= 15 is 0 Å². The van der Waals surface area contributed by atoms with Crippen molar-refractivity contribution >= 4 is 10.9 Å². The van der Waals surface area contributed by atoms with E-state index in [1.807, 2.05) is 18.2 Å². The van der Waals surface area contributed by atoms with Crippen molar-refractivity contribution in [2.24, 2.45) is 0 Å². The largest absolute Gasteiger partial charge is 0.383 e. The molecule has 0 saturated carbocycles. The van der Waals surface area contributed by atoms with Crippen molar-refractivity contribution in [1.82, 2.24) is 9.88 Å². The second-order valence-electron chi connectivity index (χ2n) is 4.84. The molecule has 0 saturated heterocycles. The molecular weight excluding hydrogens is 250 g/mol. The molecule has 0 unspecified atom stereocenters. The second kappa shape index (κ2) is 7.68. The van der Waals surface area contributed by atoms with Gasteiger partial charge in [0.1, 0.15) is 0 Å². The number of fused-ring (bicyclic) bond motifs is 1. The van der Waals surface area contributed by atoms with E-state index in [1.165, 1.54) is 5.39 Å². The number of hydrogen-bond acceptors (Lipinski definition) is 3. The van der Waals surface area contributed by atoms with Gasteiger partial charge in [-0.15, -0.1) is 0 Å². The summed E-state index contributed by atoms with van der Waals surface area (Å²) in [7, 11) is 1.72. The van der Waals surface area contributed by atoms with Crippen LogP contribution in [0.15, 0.2) is 30.5 Å². The molecule has 20 heavy (non-hydrogen) atoms. The number of aryl methyl sites for hydroxylation is 1. The molecule has 1 aromatic carbocycles. The van der Waals surface area contributed by atoms with Gasteiger partial charge < -0.3 is 14.6 Å². The van der Waals surface area contributed by atoms with Gasteiger partial charge in [-0.25, -0.2) is 0 Å². The molecule has 0 radical (unpaired) electrons. The maximum absolute atomic E-state index is 8.96. The summed E-state index contributed by atoms with van der Waals surface area (Å²) >= 11 is 0. The van der Waals surface area contributed by atoms with Gasteiger partial charge in [0.25, 0.3) is 0 Å². The summed E-state index contributed by atoms with van der Waals surface area (Å²) in [5.41, 5.74) is 1.87. The first-order chi connectivity index (χ1) is 9.85. The highest BCUT2D eigenvalue weighted by Gasteiger charge is 2.02. The Morgan fingerprint density at radius 2 is 2.15 bits per heavy atom. The van der Waals surface area contributed by atoms with Crippen LogP contribution in [0.4, 0.5) is 0 Å². The first kappa shape index (κ1) is 14.6. The smallest absolute Gasteiger partial charge is 0.0992 e. The maximum atomic E-state index is 8.96. The van der Waals surface area contributed by atoms with Crippen LogP contribution in [0.5, 0.6) is 0 Å². The van der Waals surface area contributed by atoms with Crippen molar-refractivity contribution in [3.05, 3.63) is 36.0 Å². The molecule has 0 spiro atoms. The molecular formula is C16H21N3O. The van der Waals surface area contributed by atoms with Crippen molar-refractivity contribution in [3.8, 4) is 6.07 Å². The third-order valence-corrected chi connectivity index (χ3v) is 3.39. The van der Waals surface area contributed by atoms with Crippen LogP contribution in [0.25, 0.3) is 10.9 Å². The first-order valence-corrected chi connectivity index (χ1v) is 7.04. The minimum absolute atomic E-state index is 0.721. The van der Waals surface area contributed by atoms with Crippen LogP contribution in [-0.2, 0) is 11.3 Å². The summed E-state index contributed by atoms with van der Waals surface area (Å²) in [5.74, 6) is 0. The summed E-state index contributed by atoms with van der Waals surface area (Å²) in [6.07, 6.45) is 4.37. The van der Waals surface area contributed by atoms with E-state index in [0.717, 1.165) is 50.2 Å². The molecule has 0 aliphatic heterocycles. The number of unbranched alkanes of at least 4 members (excludes halogenated alkanes) is 1. The van der Waals surface area contributed by atoms with Crippen LogP contribution >= 0.6 is 0 Å². The quantitative estimate of drug-likeness (QED) is 0.751. The van der Waals surface area contributed by atoms with Crippen LogP contribution in [0.3, 0.4) is 0 Å². The molecule has 0 bridgehead atoms. The normalized spacial score (nSPS) is 10.8. The molecule has 0 amide bonds. The maximum Gasteiger partial charge on any atom is 0.0992 e. The summed E-state index contributed by atoms with van der Waals surface area (Å²) in [5, 5.41) is 13.5. The minimum Gasteiger partial charge on any atom is -0.383 e. The van der Waals surface area contributed by atoms with Gasteiger partial charge in [-0.2, -0.15) is 5.26 Å². The van der Waals surface area contributed by atoms with E-state index in [4.69, 9.17) is 10.00 Å². The lowest BCUT2D eigenvalue weighted by Crippen LogP contribution is -2.20. The lowest BCUT2D eigenvalue weighted by atomic mass is 10.2. The van der Waals surface area contributed by atoms with Crippen molar-refractivity contribution in [2.45, 2.75) is 19.4 Å². The number of aromatic nitrogens is 1. The summed E-state index contributed by atoms with van der Waals surface area (Å²) in [6.45, 7) is 3.68. The van der Waals surface area contributed by atoms with Gasteiger partial charge in [0.15, 0.2) is 0 Å². The van der Waals surface area contributed by atoms with Gasteiger partial charge in [0.2, 0.25) is 0 Å². The molecule has 0 aliphatic rings. The molecule has 106 valence electrons. The lowest BCUT2D eigenvalue weighted by Gasteiger charge is -2.07. The fourth-order valence-electron chi connectivity index (χ4n) is 2.28. The van der Waals surface area contributed by atoms with E-state index in [1.54, 1.807) is 7.11 Å². The number of methoxy groups -OCH3 is 1. The van der Waals surface area contributed by atoms with Crippen LogP contribution < -0.4 is 5.32 Å². The van der Waals surface area contributed by atoms with Crippen LogP contribution in [-0.4, -0.2) is 31.4 Å². The Morgan fingerprint density at radius 3 is 2.95 bits per heavy atom. The van der Waals surface area contributed by atoms with Gasteiger partial charge in [0, 0.05) is 31.9 Å². The van der Waals surface area contributed by atoms with E-state index in [0.29, 0.717) is 0 Å². The van der Waals surface area contributed by atoms with E-state index in [9.17, 15) is 0 Å². The molecule has 1 aromatic heterocycles. The number of rotatable bonds is 8. The Bertz CT molecular complexity index is 583. The van der Waals surface area contributed by atoms with Crippen LogP contribution in [0.2, 0.25) is 0 Å². The average molecular weight is 271 g/mol. The standard InChI is InChI=1S/C16H21N3O/c1-20-11-8-18-7-2-3-9-19-10-6-15-5-4-14(13-17)12-16(15)19/h4-6,10,12,18H,2-3,7-9,11H2,1H3. The number of nitrogens with one attached hydrogen (secondary N) is 1. The Labute approximate surface area is 120 Å². The third-order valence-electron chi connectivity index (χ3n) is 3.39. The van der Waals surface area contributed by atoms with Gasteiger partial charge in [-0.05, 0) is 43.0 Å². The molecule has 4 nitrogen and oxygen atoms in total. The Hall–Kier alpha value is -1.83. The van der Waals surface area contributed by atoms with E-state index < -0.39 is 0 Å². The average Bonchev–Trinajstić information content (AvgIpc) is 2.88.